The monoisotopic (exact) mass is 2050 g/mol. The van der Waals surface area contributed by atoms with Crippen LogP contribution in [-0.4, -0.2) is 498 Å². The highest BCUT2D eigenvalue weighted by Crippen LogP contribution is 2.33. The van der Waals surface area contributed by atoms with Crippen molar-refractivity contribution in [2.75, 3.05) is 273 Å². The molecule has 0 bridgehead atoms. The summed E-state index contributed by atoms with van der Waals surface area (Å²) < 4.78 is 5.26. The smallest absolute Gasteiger partial charge is 0.236 e. The van der Waals surface area contributed by atoms with E-state index < -0.39 is 0 Å². The van der Waals surface area contributed by atoms with E-state index in [1.54, 1.807) is 12.5 Å². The van der Waals surface area contributed by atoms with Gasteiger partial charge in [0.25, 0.3) is 0 Å². The quantitative estimate of drug-likeness (QED) is 0.102. The summed E-state index contributed by atoms with van der Waals surface area (Å²) in [5.41, 5.74) is 21.1. The summed E-state index contributed by atoms with van der Waals surface area (Å²) in [5.74, 6) is 7.61. The van der Waals surface area contributed by atoms with Crippen molar-refractivity contribution < 1.29 is 14.3 Å². The van der Waals surface area contributed by atoms with Gasteiger partial charge >= 0.3 is 0 Å². The van der Waals surface area contributed by atoms with Gasteiger partial charge in [0.05, 0.1) is 25.8 Å². The van der Waals surface area contributed by atoms with Crippen LogP contribution in [0, 0.1) is 17.8 Å². The van der Waals surface area contributed by atoms with Crippen molar-refractivity contribution in [3.8, 4) is 11.8 Å². The summed E-state index contributed by atoms with van der Waals surface area (Å²) >= 11 is 0. The molecule has 0 spiro atoms. The van der Waals surface area contributed by atoms with Crippen LogP contribution in [0.2, 0.25) is 0 Å². The second-order valence-electron chi connectivity index (χ2n) is 56.9. The van der Waals surface area contributed by atoms with Gasteiger partial charge in [0, 0.05) is 311 Å². The van der Waals surface area contributed by atoms with E-state index in [2.05, 4.69) is 434 Å². The summed E-state index contributed by atoms with van der Waals surface area (Å²) in [6.45, 7) is 117. The predicted molar refractivity (Wildman–Crippen MR) is 625 cm³/mol. The minimum Gasteiger partial charge on any atom is -0.448 e. The molecule has 14 rings (SSSR count). The predicted octanol–water partition coefficient (Wildman–Crippen LogP) is 13.3. The normalized spacial score (nSPS) is 25.9. The number of likely N-dealkylation sites (N-methyl/N-ethyl adjacent to an activating group) is 6. The van der Waals surface area contributed by atoms with Gasteiger partial charge in [-0.05, 0) is 389 Å². The van der Waals surface area contributed by atoms with Gasteiger partial charge < -0.3 is 62.3 Å². The number of amides is 1. The molecule has 13 aliphatic rings. The third-order valence-corrected chi connectivity index (χ3v) is 32.1. The lowest BCUT2D eigenvalue weighted by Gasteiger charge is -2.41. The molecule has 12 saturated heterocycles. The first kappa shape index (κ1) is 136. The number of hydrogen-bond acceptors (Lipinski definition) is 27. The average molecular weight is 2050 g/mol. The Morgan fingerprint density at radius 3 is 0.772 bits per heavy atom. The summed E-state index contributed by atoms with van der Waals surface area (Å²) in [6, 6.07) is 5.70. The zero-order valence-electron chi connectivity index (χ0n) is 104. The van der Waals surface area contributed by atoms with E-state index in [9.17, 15) is 4.79 Å². The molecule has 13 heterocycles. The van der Waals surface area contributed by atoms with Gasteiger partial charge in [0.15, 0.2) is 0 Å². The number of carbonyl (C=O) groups is 1. The number of nitrogens with two attached hydrogens (primary N) is 3. The summed E-state index contributed by atoms with van der Waals surface area (Å²) in [4.78, 5) is 59.8. The van der Waals surface area contributed by atoms with Crippen molar-refractivity contribution in [2.24, 2.45) is 23.1 Å². The van der Waals surface area contributed by atoms with Gasteiger partial charge in [-0.25, -0.2) is 4.98 Å². The Balaban J connectivity index is 0.000000408. The number of nitrogens with zero attached hydrogens (tertiary/aromatic N) is 19. The van der Waals surface area contributed by atoms with E-state index in [0.717, 1.165) is 154 Å². The second kappa shape index (κ2) is 61.7. The van der Waals surface area contributed by atoms with E-state index in [1.807, 2.05) is 0 Å². The van der Waals surface area contributed by atoms with E-state index in [4.69, 9.17) is 26.7 Å². The van der Waals surface area contributed by atoms with Crippen molar-refractivity contribution in [3.05, 3.63) is 18.4 Å². The van der Waals surface area contributed by atoms with Gasteiger partial charge in [-0.2, -0.15) is 0 Å². The molecule has 145 heavy (non-hydrogen) atoms. The lowest BCUT2D eigenvalue weighted by molar-refractivity contribution is -0.138. The third-order valence-electron chi connectivity index (χ3n) is 32.1. The summed E-state index contributed by atoms with van der Waals surface area (Å²) in [6.07, 6.45) is 17.4. The number of oxazole rings is 1. The molecule has 28 heteroatoms. The number of piperazine rings is 3. The van der Waals surface area contributed by atoms with Gasteiger partial charge in [-0.15, -0.1) is 0 Å². The zero-order valence-corrected chi connectivity index (χ0v) is 104. The maximum Gasteiger partial charge on any atom is 0.236 e. The lowest BCUT2D eigenvalue weighted by Crippen LogP contribution is -2.56. The Bertz CT molecular complexity index is 3380. The molecule has 0 aromatic carbocycles. The first-order valence-electron chi connectivity index (χ1n) is 57.4. The summed E-state index contributed by atoms with van der Waals surface area (Å²) in [7, 11) is 19.2. The van der Waals surface area contributed by atoms with Crippen LogP contribution in [0.3, 0.4) is 0 Å². The van der Waals surface area contributed by atoms with E-state index in [1.165, 1.54) is 150 Å². The zero-order chi connectivity index (χ0) is 111. The lowest BCUT2D eigenvalue weighted by atomic mass is 10.0. The maximum atomic E-state index is 11.9. The number of rotatable bonds is 11. The number of aromatic nitrogens is 1. The van der Waals surface area contributed by atoms with Crippen molar-refractivity contribution in [2.45, 2.75) is 447 Å². The maximum absolute atomic E-state index is 11.9. The highest BCUT2D eigenvalue weighted by Gasteiger charge is 2.40. The topological polar surface area (TPSA) is 236 Å². The van der Waals surface area contributed by atoms with Crippen LogP contribution in [-0.2, 0) is 11.3 Å². The average Bonchev–Trinajstić information content (AvgIpc) is 1.73. The Morgan fingerprint density at radius 1 is 0.324 bits per heavy atom. The van der Waals surface area contributed by atoms with Crippen molar-refractivity contribution in [1.82, 2.24) is 109 Å². The van der Waals surface area contributed by atoms with Crippen LogP contribution in [0.4, 0.5) is 0 Å². The van der Waals surface area contributed by atoms with Crippen LogP contribution in [0.25, 0.3) is 0 Å². The Morgan fingerprint density at radius 2 is 0.579 bits per heavy atom. The van der Waals surface area contributed by atoms with E-state index >= 15 is 0 Å². The van der Waals surface area contributed by atoms with Crippen LogP contribution < -0.4 is 33.2 Å². The fourth-order valence-electron chi connectivity index (χ4n) is 20.3. The van der Waals surface area contributed by atoms with E-state index in [-0.39, 0.29) is 23.2 Å². The molecule has 13 fully saturated rings. The number of carbonyl (C=O) groups excluding carboxylic acids is 1. The molecule has 1 saturated carbocycles. The first-order chi connectivity index (χ1) is 66.4. The molecule has 12 aliphatic heterocycles. The van der Waals surface area contributed by atoms with Crippen LogP contribution >= 0.6 is 0 Å². The molecule has 1 amide bonds. The number of likely N-dealkylation sites (tertiary alicyclic amines) is 9. The SMILES string of the molecule is CC(C)(C)N1CCC(N)C1.CC(C)(C)N1CCN(CC#CCO)CC1.CC(C)(C)N1CCN(CC2CC2)C(=O)C1.CC(C)(C)N1CCN(Cc2ncco2)CC1.CC(C)(C)N1CC[C@@H](N)C1.CC(C)(C)N1CC[C@H](N)C1.CN(C)C1CCN(C(C)(C)C)C1.CN(C)[C@@H]1CCN(C(C)(C)C)C1.CN(C)[C@H]1CCN(C(C)(C)C)C1.CNC1CCN(C(C)(C)C)C1.CN[C@@H]1CCN(C(C)(C)C)C1.CN[C@H]1CCN(C(C)(C)C)C1. The molecule has 856 valence electrons. The van der Waals surface area contributed by atoms with Crippen molar-refractivity contribution >= 4 is 5.91 Å². The second-order valence-corrected chi connectivity index (χ2v) is 56.9. The Hall–Kier alpha value is -2.72. The molecule has 1 aromatic rings. The molecule has 28 nitrogen and oxygen atoms in total. The minimum absolute atomic E-state index is 0.0258. The minimum atomic E-state index is -0.0258. The molecule has 1 aromatic heterocycles. The standard InChI is InChI=1S/C12H21N3O.2C12H22N2O.3C10H22N2.3C9H20N2.3C8H18N2/c1-12(2,3)15-7-5-14(6-8-15)10-11-13-4-9-16-11;1-12(2,3)14-7-6-13(11(15)9-14)8-10-4-5-10;1-12(2,3)14-9-7-13(8-10-14)6-4-5-11-15;3*1-10(2,3)12-7-6-9(8-12)11(4)5;3*1-9(2,3)11-6-5-8(7-11)10-4;3*1-8(2,3)10-5-4-7(9)6-10/h4,9H,5-8,10H2,1-3H3;10H,4-9H2,1-3H3;15H,6-11H2,1-3H3;3*9H,6-8H2,1-5H3;3*8,10H,5-7H2,1-4H3;3*7H,4-6,9H2,1-3H3/t;;;2*9-;;2*8-;;2*7-;/m...10.10.10./s1. The number of hydrogen-bond donors (Lipinski definition) is 7. The third kappa shape index (κ3) is 54.5. The molecule has 10 N–H and O–H groups in total. The van der Waals surface area contributed by atoms with E-state index in [0.29, 0.717) is 98.6 Å². The highest BCUT2D eigenvalue weighted by atomic mass is 16.3. The molecular formula is C117H245N25O3. The molecule has 1 aliphatic carbocycles. The number of aliphatic hydroxyl groups excluding tert-OH is 1. The van der Waals surface area contributed by atoms with Crippen molar-refractivity contribution in [3.63, 3.8) is 0 Å². The molecular weight excluding hydrogens is 1800 g/mol. The number of nitrogens with one attached hydrogen (secondary N) is 3. The molecule has 3 unspecified atom stereocenters. The Labute approximate surface area is 897 Å². The molecule has 9 atom stereocenters. The molecule has 0 radical (unpaired) electrons. The van der Waals surface area contributed by atoms with Gasteiger partial charge in [0.1, 0.15) is 12.9 Å². The first-order valence-corrected chi connectivity index (χ1v) is 57.4. The van der Waals surface area contributed by atoms with Crippen molar-refractivity contribution in [1.29, 1.82) is 0 Å². The highest BCUT2D eigenvalue weighted by molar-refractivity contribution is 5.79. The fourth-order valence-corrected chi connectivity index (χ4v) is 20.3. The summed E-state index contributed by atoms with van der Waals surface area (Å²) in [5, 5.41) is 18.5. The van der Waals surface area contributed by atoms with Crippen LogP contribution in [0.15, 0.2) is 16.9 Å². The van der Waals surface area contributed by atoms with Gasteiger partial charge in [0.2, 0.25) is 11.8 Å². The fraction of sp³-hybridized carbons (Fsp3) is 0.949. The largest absolute Gasteiger partial charge is 0.448 e. The van der Waals surface area contributed by atoms with Gasteiger partial charge in [-0.1, -0.05) is 11.8 Å². The Kier molecular flexibility index (Phi) is 58.0. The van der Waals surface area contributed by atoms with Gasteiger partial charge in [-0.3, -0.25) is 73.4 Å². The van der Waals surface area contributed by atoms with Crippen LogP contribution in [0.1, 0.15) is 326 Å². The van der Waals surface area contributed by atoms with Crippen LogP contribution in [0.5, 0.6) is 0 Å². The number of aliphatic hydroxyl groups is 1.